The largest absolute Gasteiger partial charge is 0.350 e. The number of halogens is 1. The molecule has 218 valence electrons. The molecular formula is C32H33ClN4O4S. The molecule has 3 aromatic carbocycles. The molecule has 1 N–H and O–H groups in total. The second-order valence-electron chi connectivity index (χ2n) is 9.95. The number of hydrogen-bond donors (Lipinski definition) is 1. The van der Waals surface area contributed by atoms with Gasteiger partial charge in [0.1, 0.15) is 6.04 Å². The molecular weight excluding hydrogens is 572 g/mol. The van der Waals surface area contributed by atoms with Gasteiger partial charge in [-0.3, -0.25) is 14.6 Å². The molecule has 0 radical (unpaired) electrons. The summed E-state index contributed by atoms with van der Waals surface area (Å²) < 4.78 is 26.7. The number of hydrogen-bond acceptors (Lipinski definition) is 5. The number of pyridine rings is 1. The summed E-state index contributed by atoms with van der Waals surface area (Å²) in [5.74, 6) is -0.859. The number of benzene rings is 3. The van der Waals surface area contributed by atoms with Crippen molar-refractivity contribution >= 4 is 33.4 Å². The molecule has 0 saturated carbocycles. The minimum Gasteiger partial charge on any atom is -0.350 e. The van der Waals surface area contributed by atoms with Gasteiger partial charge in [-0.25, -0.2) is 8.42 Å². The molecule has 42 heavy (non-hydrogen) atoms. The Hall–Kier alpha value is -4.05. The molecule has 0 bridgehead atoms. The van der Waals surface area contributed by atoms with Crippen molar-refractivity contribution in [2.45, 2.75) is 32.1 Å². The second-order valence-corrected chi connectivity index (χ2v) is 12.4. The highest BCUT2D eigenvalue weighted by Gasteiger charge is 2.32. The standard InChI is InChI=1S/C32H33ClN4O4S/c1-42(40,41)36(22-26-11-6-3-7-12-26)24-31(38)37(23-27-14-16-29(33)17-15-27)30(19-25-9-4-2-5-10-25)32(39)35-21-28-13-8-18-34-20-28/h2-18,20,30H,19,21-24H2,1H3,(H,35,39)/t30-/m1/s1. The second kappa shape index (κ2) is 14.7. The highest BCUT2D eigenvalue weighted by atomic mass is 35.5. The molecule has 1 aromatic heterocycles. The van der Waals surface area contributed by atoms with E-state index in [4.69, 9.17) is 11.6 Å². The Bertz CT molecular complexity index is 1550. The van der Waals surface area contributed by atoms with Crippen LogP contribution in [0.15, 0.2) is 109 Å². The van der Waals surface area contributed by atoms with Crippen molar-refractivity contribution in [2.75, 3.05) is 12.8 Å². The lowest BCUT2D eigenvalue weighted by atomic mass is 10.0. The molecule has 1 heterocycles. The molecule has 0 spiro atoms. The molecule has 4 aromatic rings. The summed E-state index contributed by atoms with van der Waals surface area (Å²) in [6.07, 6.45) is 4.63. The van der Waals surface area contributed by atoms with Crippen molar-refractivity contribution < 1.29 is 18.0 Å². The van der Waals surface area contributed by atoms with Crippen LogP contribution in [0.5, 0.6) is 0 Å². The number of carbonyl (C=O) groups excluding carboxylic acids is 2. The van der Waals surface area contributed by atoms with Crippen molar-refractivity contribution in [1.82, 2.24) is 19.5 Å². The van der Waals surface area contributed by atoms with Crippen LogP contribution in [-0.4, -0.2) is 53.3 Å². The molecule has 0 aliphatic carbocycles. The van der Waals surface area contributed by atoms with Crippen molar-refractivity contribution in [3.63, 3.8) is 0 Å². The Morgan fingerprint density at radius 1 is 0.810 bits per heavy atom. The van der Waals surface area contributed by atoms with E-state index in [1.807, 2.05) is 54.6 Å². The van der Waals surface area contributed by atoms with Crippen LogP contribution in [0.2, 0.25) is 5.02 Å². The van der Waals surface area contributed by atoms with Crippen molar-refractivity contribution in [1.29, 1.82) is 0 Å². The van der Waals surface area contributed by atoms with Gasteiger partial charge < -0.3 is 10.2 Å². The maximum Gasteiger partial charge on any atom is 0.243 e. The molecule has 2 amide bonds. The lowest BCUT2D eigenvalue weighted by Crippen LogP contribution is -2.53. The normalized spacial score (nSPS) is 12.1. The maximum absolute atomic E-state index is 14.1. The van der Waals surface area contributed by atoms with Crippen LogP contribution in [0.3, 0.4) is 0 Å². The van der Waals surface area contributed by atoms with Crippen molar-refractivity contribution in [2.24, 2.45) is 0 Å². The zero-order chi connectivity index (χ0) is 30.0. The van der Waals surface area contributed by atoms with E-state index in [-0.39, 0.29) is 32.0 Å². The third kappa shape index (κ3) is 9.24. The molecule has 10 heteroatoms. The molecule has 0 unspecified atom stereocenters. The summed E-state index contributed by atoms with van der Waals surface area (Å²) in [4.78, 5) is 33.4. The van der Waals surface area contributed by atoms with Gasteiger partial charge in [0.2, 0.25) is 21.8 Å². The van der Waals surface area contributed by atoms with Crippen LogP contribution in [0.1, 0.15) is 22.3 Å². The number of nitrogens with one attached hydrogen (secondary N) is 1. The van der Waals surface area contributed by atoms with E-state index in [1.54, 1.807) is 54.9 Å². The van der Waals surface area contributed by atoms with Gasteiger partial charge in [-0.05, 0) is 40.5 Å². The third-order valence-electron chi connectivity index (χ3n) is 6.71. The summed E-state index contributed by atoms with van der Waals surface area (Å²) in [7, 11) is -3.76. The summed E-state index contributed by atoms with van der Waals surface area (Å²) in [6.45, 7) is -0.0968. The van der Waals surface area contributed by atoms with Gasteiger partial charge in [0.25, 0.3) is 0 Å². The lowest BCUT2D eigenvalue weighted by molar-refractivity contribution is -0.141. The first-order chi connectivity index (χ1) is 20.2. The fourth-order valence-corrected chi connectivity index (χ4v) is 5.32. The minimum absolute atomic E-state index is 0.0246. The van der Waals surface area contributed by atoms with Crippen LogP contribution in [0, 0.1) is 0 Å². The Morgan fingerprint density at radius 3 is 2.00 bits per heavy atom. The zero-order valence-corrected chi connectivity index (χ0v) is 24.8. The zero-order valence-electron chi connectivity index (χ0n) is 23.3. The monoisotopic (exact) mass is 604 g/mol. The van der Waals surface area contributed by atoms with Gasteiger partial charge in [0.15, 0.2) is 0 Å². The number of sulfonamides is 1. The number of nitrogens with zero attached hydrogens (tertiary/aromatic N) is 3. The summed E-state index contributed by atoms with van der Waals surface area (Å²) in [5.41, 5.74) is 3.16. The van der Waals surface area contributed by atoms with E-state index < -0.39 is 28.5 Å². The Labute approximate surface area is 252 Å². The lowest BCUT2D eigenvalue weighted by Gasteiger charge is -2.33. The smallest absolute Gasteiger partial charge is 0.243 e. The molecule has 8 nitrogen and oxygen atoms in total. The van der Waals surface area contributed by atoms with Crippen LogP contribution in [-0.2, 0) is 45.7 Å². The number of carbonyl (C=O) groups is 2. The number of rotatable bonds is 13. The first-order valence-electron chi connectivity index (χ1n) is 13.4. The van der Waals surface area contributed by atoms with E-state index in [9.17, 15) is 18.0 Å². The fraction of sp³-hybridized carbons (Fsp3) is 0.219. The third-order valence-corrected chi connectivity index (χ3v) is 8.16. The van der Waals surface area contributed by atoms with Crippen LogP contribution in [0.25, 0.3) is 0 Å². The minimum atomic E-state index is -3.76. The molecule has 0 aliphatic rings. The molecule has 0 saturated heterocycles. The highest BCUT2D eigenvalue weighted by molar-refractivity contribution is 7.88. The van der Waals surface area contributed by atoms with Crippen LogP contribution < -0.4 is 5.32 Å². The average molecular weight is 605 g/mol. The van der Waals surface area contributed by atoms with E-state index in [0.717, 1.165) is 32.8 Å². The first kappa shape index (κ1) is 30.9. The SMILES string of the molecule is CS(=O)(=O)N(CC(=O)N(Cc1ccc(Cl)cc1)[C@H](Cc1ccccc1)C(=O)NCc1cccnc1)Cc1ccccc1. The van der Waals surface area contributed by atoms with Crippen molar-refractivity contribution in [3.05, 3.63) is 137 Å². The molecule has 4 rings (SSSR count). The van der Waals surface area contributed by atoms with Crippen LogP contribution >= 0.6 is 11.6 Å². The van der Waals surface area contributed by atoms with Gasteiger partial charge in [0.05, 0.1) is 12.8 Å². The predicted octanol–water partition coefficient (Wildman–Crippen LogP) is 4.45. The van der Waals surface area contributed by atoms with Crippen molar-refractivity contribution in [3.8, 4) is 0 Å². The maximum atomic E-state index is 14.1. The average Bonchev–Trinajstić information content (AvgIpc) is 2.99. The Morgan fingerprint density at radius 2 is 1.40 bits per heavy atom. The molecule has 0 fully saturated rings. The van der Waals surface area contributed by atoms with E-state index in [0.29, 0.717) is 5.02 Å². The highest BCUT2D eigenvalue weighted by Crippen LogP contribution is 2.18. The van der Waals surface area contributed by atoms with Gasteiger partial charge in [0, 0.05) is 43.5 Å². The van der Waals surface area contributed by atoms with Gasteiger partial charge in [-0.2, -0.15) is 4.31 Å². The van der Waals surface area contributed by atoms with Gasteiger partial charge in [-0.1, -0.05) is 90.5 Å². The summed E-state index contributed by atoms with van der Waals surface area (Å²) in [6, 6.07) is 28.2. The van der Waals surface area contributed by atoms with Gasteiger partial charge >= 0.3 is 0 Å². The summed E-state index contributed by atoms with van der Waals surface area (Å²) >= 11 is 6.10. The quantitative estimate of drug-likeness (QED) is 0.243. The van der Waals surface area contributed by atoms with Crippen LogP contribution in [0.4, 0.5) is 0 Å². The number of aromatic nitrogens is 1. The van der Waals surface area contributed by atoms with E-state index in [2.05, 4.69) is 10.3 Å². The topological polar surface area (TPSA) is 99.7 Å². The number of amides is 2. The predicted molar refractivity (Wildman–Crippen MR) is 164 cm³/mol. The molecule has 0 aliphatic heterocycles. The van der Waals surface area contributed by atoms with E-state index in [1.165, 1.54) is 4.90 Å². The molecule has 1 atom stereocenters. The summed E-state index contributed by atoms with van der Waals surface area (Å²) in [5, 5.41) is 3.49. The first-order valence-corrected chi connectivity index (χ1v) is 15.6. The Balaban J connectivity index is 1.67. The van der Waals surface area contributed by atoms with Gasteiger partial charge in [-0.15, -0.1) is 0 Å². The van der Waals surface area contributed by atoms with E-state index >= 15 is 0 Å². The Kier molecular flexibility index (Phi) is 10.8. The fourth-order valence-electron chi connectivity index (χ4n) is 4.47.